The Kier molecular flexibility index (Phi) is 4.14. The standard InChI is InChI=1S/C8H14F2N2O4/c9-8(10)4-12(2-1-6(8)16-11)7(15)5(14)3-13/h5-6,13-14H,1-4,11H2/t5-,6?/m0/s1. The average molecular weight is 240 g/mol. The van der Waals surface area contributed by atoms with Crippen molar-refractivity contribution in [3.8, 4) is 0 Å². The highest BCUT2D eigenvalue weighted by Crippen LogP contribution is 2.29. The van der Waals surface area contributed by atoms with E-state index >= 15 is 0 Å². The number of rotatable bonds is 3. The molecule has 1 aliphatic rings. The number of hydrogen-bond donors (Lipinski definition) is 3. The number of likely N-dealkylation sites (tertiary alicyclic amines) is 1. The molecule has 1 fully saturated rings. The minimum absolute atomic E-state index is 0.00729. The van der Waals surface area contributed by atoms with E-state index in [1.54, 1.807) is 0 Å². The molecule has 2 atom stereocenters. The van der Waals surface area contributed by atoms with Gasteiger partial charge in [-0.3, -0.25) is 9.63 Å². The van der Waals surface area contributed by atoms with E-state index in [2.05, 4.69) is 4.84 Å². The summed E-state index contributed by atoms with van der Waals surface area (Å²) in [5, 5.41) is 17.6. The molecule has 0 spiro atoms. The Morgan fingerprint density at radius 3 is 2.75 bits per heavy atom. The molecule has 1 rings (SSSR count). The number of hydrogen-bond acceptors (Lipinski definition) is 5. The summed E-state index contributed by atoms with van der Waals surface area (Å²) in [5.74, 6) is 0.543. The summed E-state index contributed by atoms with van der Waals surface area (Å²) in [6.07, 6.45) is -3.21. The SMILES string of the molecule is NOC1CCN(C(=O)[C@@H](O)CO)CC1(F)F. The minimum Gasteiger partial charge on any atom is -0.393 e. The van der Waals surface area contributed by atoms with Gasteiger partial charge in [0, 0.05) is 6.54 Å². The number of aliphatic hydroxyl groups excluding tert-OH is 2. The van der Waals surface area contributed by atoms with Crippen molar-refractivity contribution in [3.63, 3.8) is 0 Å². The molecule has 4 N–H and O–H groups in total. The van der Waals surface area contributed by atoms with Crippen LogP contribution in [0.1, 0.15) is 6.42 Å². The van der Waals surface area contributed by atoms with Gasteiger partial charge in [0.15, 0.2) is 6.10 Å². The molecule has 0 saturated carbocycles. The van der Waals surface area contributed by atoms with Gasteiger partial charge in [0.05, 0.1) is 13.2 Å². The normalized spacial score (nSPS) is 26.6. The number of halogens is 2. The maximum absolute atomic E-state index is 13.3. The average Bonchev–Trinajstić information content (AvgIpc) is 2.25. The van der Waals surface area contributed by atoms with Crippen LogP contribution in [0.4, 0.5) is 8.78 Å². The van der Waals surface area contributed by atoms with Crippen LogP contribution in [0.15, 0.2) is 0 Å². The molecule has 0 aliphatic carbocycles. The number of nitrogens with two attached hydrogens (primary N) is 1. The van der Waals surface area contributed by atoms with Crippen molar-refractivity contribution in [1.29, 1.82) is 0 Å². The number of carbonyl (C=O) groups is 1. The number of aliphatic hydroxyl groups is 2. The van der Waals surface area contributed by atoms with E-state index in [4.69, 9.17) is 16.1 Å². The maximum atomic E-state index is 13.3. The molecule has 1 amide bonds. The molecule has 0 aromatic carbocycles. The lowest BCUT2D eigenvalue weighted by Gasteiger charge is -2.37. The summed E-state index contributed by atoms with van der Waals surface area (Å²) < 4.78 is 26.6. The summed E-state index contributed by atoms with van der Waals surface area (Å²) >= 11 is 0. The molecular formula is C8H14F2N2O4. The Morgan fingerprint density at radius 2 is 2.31 bits per heavy atom. The molecular weight excluding hydrogens is 226 g/mol. The number of piperidine rings is 1. The summed E-state index contributed by atoms with van der Waals surface area (Å²) in [5.41, 5.74) is 0. The van der Waals surface area contributed by atoms with Gasteiger partial charge in [-0.05, 0) is 6.42 Å². The second-order valence-electron chi connectivity index (χ2n) is 3.63. The highest BCUT2D eigenvalue weighted by molar-refractivity contribution is 5.81. The fraction of sp³-hybridized carbons (Fsp3) is 0.875. The highest BCUT2D eigenvalue weighted by atomic mass is 19.3. The van der Waals surface area contributed by atoms with E-state index < -0.39 is 37.2 Å². The number of nitrogens with zero attached hydrogens (tertiary/aromatic N) is 1. The van der Waals surface area contributed by atoms with Crippen molar-refractivity contribution in [2.24, 2.45) is 5.90 Å². The van der Waals surface area contributed by atoms with Gasteiger partial charge in [-0.15, -0.1) is 0 Å². The predicted octanol–water partition coefficient (Wildman–Crippen LogP) is -1.53. The van der Waals surface area contributed by atoms with Crippen LogP contribution in [0.25, 0.3) is 0 Å². The number of alkyl halides is 2. The largest absolute Gasteiger partial charge is 0.393 e. The van der Waals surface area contributed by atoms with Crippen LogP contribution in [0, 0.1) is 0 Å². The molecule has 0 aromatic rings. The monoisotopic (exact) mass is 240 g/mol. The fourth-order valence-electron chi connectivity index (χ4n) is 1.56. The van der Waals surface area contributed by atoms with Gasteiger partial charge in [-0.25, -0.2) is 14.7 Å². The lowest BCUT2D eigenvalue weighted by atomic mass is 10.0. The number of amides is 1. The van der Waals surface area contributed by atoms with Crippen molar-refractivity contribution < 1.29 is 28.6 Å². The van der Waals surface area contributed by atoms with Crippen LogP contribution in [0.5, 0.6) is 0 Å². The van der Waals surface area contributed by atoms with E-state index in [9.17, 15) is 13.6 Å². The van der Waals surface area contributed by atoms with Crippen LogP contribution in [0.3, 0.4) is 0 Å². The van der Waals surface area contributed by atoms with Gasteiger partial charge >= 0.3 is 0 Å². The summed E-state index contributed by atoms with van der Waals surface area (Å²) in [7, 11) is 0. The van der Waals surface area contributed by atoms with Crippen LogP contribution >= 0.6 is 0 Å². The molecule has 1 heterocycles. The second-order valence-corrected chi connectivity index (χ2v) is 3.63. The first-order chi connectivity index (χ1) is 7.42. The quantitative estimate of drug-likeness (QED) is 0.520. The molecule has 0 bridgehead atoms. The van der Waals surface area contributed by atoms with Gasteiger partial charge in [0.25, 0.3) is 11.8 Å². The third-order valence-corrected chi connectivity index (χ3v) is 2.47. The van der Waals surface area contributed by atoms with Gasteiger partial charge in [0.1, 0.15) is 6.10 Å². The molecule has 1 aliphatic heterocycles. The van der Waals surface area contributed by atoms with Crippen molar-refractivity contribution in [3.05, 3.63) is 0 Å². The van der Waals surface area contributed by atoms with Crippen molar-refractivity contribution >= 4 is 5.91 Å². The molecule has 0 aromatic heterocycles. The Balaban J connectivity index is 2.65. The van der Waals surface area contributed by atoms with Crippen molar-refractivity contribution in [1.82, 2.24) is 4.90 Å². The van der Waals surface area contributed by atoms with Gasteiger partial charge in [-0.2, -0.15) is 0 Å². The lowest BCUT2D eigenvalue weighted by Crippen LogP contribution is -2.57. The predicted molar refractivity (Wildman–Crippen MR) is 48.3 cm³/mol. The zero-order valence-electron chi connectivity index (χ0n) is 8.47. The smallest absolute Gasteiger partial charge is 0.292 e. The Hall–Kier alpha value is -0.830. The molecule has 94 valence electrons. The van der Waals surface area contributed by atoms with Crippen LogP contribution in [-0.2, 0) is 9.63 Å². The summed E-state index contributed by atoms with van der Waals surface area (Å²) in [6.45, 7) is -1.66. The highest BCUT2D eigenvalue weighted by Gasteiger charge is 2.47. The Labute approximate surface area is 90.5 Å². The van der Waals surface area contributed by atoms with Crippen molar-refractivity contribution in [2.75, 3.05) is 19.7 Å². The van der Waals surface area contributed by atoms with E-state index in [1.165, 1.54) is 0 Å². The van der Waals surface area contributed by atoms with E-state index in [0.29, 0.717) is 0 Å². The minimum atomic E-state index is -3.25. The van der Waals surface area contributed by atoms with E-state index in [-0.39, 0.29) is 13.0 Å². The van der Waals surface area contributed by atoms with Crippen LogP contribution < -0.4 is 5.90 Å². The first-order valence-electron chi connectivity index (χ1n) is 4.73. The molecule has 1 unspecified atom stereocenters. The van der Waals surface area contributed by atoms with E-state index in [1.807, 2.05) is 0 Å². The van der Waals surface area contributed by atoms with Gasteiger partial charge in [-0.1, -0.05) is 0 Å². The molecule has 16 heavy (non-hydrogen) atoms. The topological polar surface area (TPSA) is 96.0 Å². The Bertz CT molecular complexity index is 264. The maximum Gasteiger partial charge on any atom is 0.292 e. The summed E-state index contributed by atoms with van der Waals surface area (Å²) in [4.78, 5) is 16.2. The second kappa shape index (κ2) is 5.00. The molecule has 0 radical (unpaired) electrons. The van der Waals surface area contributed by atoms with Crippen LogP contribution in [0.2, 0.25) is 0 Å². The first kappa shape index (κ1) is 13.2. The van der Waals surface area contributed by atoms with Gasteiger partial charge < -0.3 is 15.1 Å². The third kappa shape index (κ3) is 2.64. The molecule has 1 saturated heterocycles. The zero-order valence-corrected chi connectivity index (χ0v) is 8.47. The van der Waals surface area contributed by atoms with Gasteiger partial charge in [0.2, 0.25) is 0 Å². The Morgan fingerprint density at radius 1 is 1.69 bits per heavy atom. The third-order valence-electron chi connectivity index (χ3n) is 2.47. The molecule has 6 nitrogen and oxygen atoms in total. The first-order valence-corrected chi connectivity index (χ1v) is 4.73. The molecule has 8 heteroatoms. The number of carbonyl (C=O) groups excluding carboxylic acids is 1. The fourth-order valence-corrected chi connectivity index (χ4v) is 1.56. The van der Waals surface area contributed by atoms with E-state index in [0.717, 1.165) is 4.90 Å². The summed E-state index contributed by atoms with van der Waals surface area (Å²) in [6, 6.07) is 0. The lowest BCUT2D eigenvalue weighted by molar-refractivity contribution is -0.185. The van der Waals surface area contributed by atoms with Crippen molar-refractivity contribution in [2.45, 2.75) is 24.6 Å². The van der Waals surface area contributed by atoms with Crippen LogP contribution in [-0.4, -0.2) is 58.8 Å². The zero-order chi connectivity index (χ0) is 12.3.